The molecule has 4 rings (SSSR count). The first-order valence-corrected chi connectivity index (χ1v) is 7.04. The molecule has 100 valence electrons. The molecule has 1 N–H and O–H groups in total. The molecular formula is C16H20N2O. The molecule has 1 aromatic heterocycles. The quantitative estimate of drug-likeness (QED) is 0.849. The van der Waals surface area contributed by atoms with E-state index in [2.05, 4.69) is 41.9 Å². The van der Waals surface area contributed by atoms with Gasteiger partial charge in [0.15, 0.2) is 0 Å². The third-order valence-electron chi connectivity index (χ3n) is 4.76. The predicted molar refractivity (Wildman–Crippen MR) is 76.7 cm³/mol. The minimum Gasteiger partial charge on any atom is -0.497 e. The summed E-state index contributed by atoms with van der Waals surface area (Å²) in [7, 11) is 1.74. The van der Waals surface area contributed by atoms with E-state index in [0.29, 0.717) is 11.5 Å². The number of nitrogens with zero attached hydrogens (tertiary/aromatic N) is 1. The smallest absolute Gasteiger partial charge is 0.120 e. The fourth-order valence-corrected chi connectivity index (χ4v) is 3.89. The summed E-state index contributed by atoms with van der Waals surface area (Å²) in [6.45, 7) is 6.90. The SMILES string of the molecule is COc1ccc2c3c4n(c2c1)CC(C)(C)C4NCC3. The summed E-state index contributed by atoms with van der Waals surface area (Å²) in [4.78, 5) is 0. The van der Waals surface area contributed by atoms with E-state index in [0.717, 1.165) is 25.3 Å². The Kier molecular flexibility index (Phi) is 2.12. The Morgan fingerprint density at radius 1 is 1.37 bits per heavy atom. The summed E-state index contributed by atoms with van der Waals surface area (Å²) in [6, 6.07) is 6.99. The van der Waals surface area contributed by atoms with Crippen LogP contribution < -0.4 is 10.1 Å². The second-order valence-electron chi connectivity index (χ2n) is 6.46. The van der Waals surface area contributed by atoms with Gasteiger partial charge in [-0.2, -0.15) is 0 Å². The molecule has 0 spiro atoms. The van der Waals surface area contributed by atoms with Gasteiger partial charge in [0.05, 0.1) is 18.7 Å². The number of benzene rings is 1. The molecule has 0 saturated heterocycles. The number of hydrogen-bond acceptors (Lipinski definition) is 2. The van der Waals surface area contributed by atoms with Crippen LogP contribution in [0.3, 0.4) is 0 Å². The van der Waals surface area contributed by atoms with Crippen LogP contribution in [0.25, 0.3) is 10.9 Å². The van der Waals surface area contributed by atoms with Gasteiger partial charge in [-0.25, -0.2) is 0 Å². The highest BCUT2D eigenvalue weighted by Crippen LogP contribution is 2.48. The fourth-order valence-electron chi connectivity index (χ4n) is 3.89. The zero-order chi connectivity index (χ0) is 13.2. The van der Waals surface area contributed by atoms with E-state index in [1.165, 1.54) is 16.6 Å². The summed E-state index contributed by atoms with van der Waals surface area (Å²) in [5, 5.41) is 5.12. The predicted octanol–water partition coefficient (Wildman–Crippen LogP) is 2.88. The van der Waals surface area contributed by atoms with Gasteiger partial charge in [0.1, 0.15) is 5.75 Å². The van der Waals surface area contributed by atoms with Crippen molar-refractivity contribution in [1.29, 1.82) is 0 Å². The van der Waals surface area contributed by atoms with E-state index >= 15 is 0 Å². The molecule has 3 heteroatoms. The first-order chi connectivity index (χ1) is 9.12. The second kappa shape index (κ2) is 3.54. The van der Waals surface area contributed by atoms with E-state index in [1.807, 2.05) is 0 Å². The lowest BCUT2D eigenvalue weighted by atomic mass is 9.82. The van der Waals surface area contributed by atoms with Crippen LogP contribution in [-0.2, 0) is 13.0 Å². The Bertz CT molecular complexity index is 669. The van der Waals surface area contributed by atoms with Gasteiger partial charge in [0, 0.05) is 29.1 Å². The molecule has 1 aromatic carbocycles. The van der Waals surface area contributed by atoms with Crippen molar-refractivity contribution >= 4 is 10.9 Å². The Morgan fingerprint density at radius 3 is 3.00 bits per heavy atom. The average molecular weight is 256 g/mol. The molecule has 19 heavy (non-hydrogen) atoms. The second-order valence-corrected chi connectivity index (χ2v) is 6.46. The van der Waals surface area contributed by atoms with E-state index in [1.54, 1.807) is 12.7 Å². The van der Waals surface area contributed by atoms with Crippen molar-refractivity contribution in [1.82, 2.24) is 9.88 Å². The van der Waals surface area contributed by atoms with Gasteiger partial charge >= 0.3 is 0 Å². The molecule has 2 aliphatic rings. The number of fused-ring (bicyclic) bond motifs is 3. The third-order valence-corrected chi connectivity index (χ3v) is 4.76. The Morgan fingerprint density at radius 2 is 2.21 bits per heavy atom. The van der Waals surface area contributed by atoms with Crippen molar-refractivity contribution in [3.63, 3.8) is 0 Å². The Balaban J connectivity index is 2.04. The molecule has 0 radical (unpaired) electrons. The molecular weight excluding hydrogens is 236 g/mol. The highest BCUT2D eigenvalue weighted by Gasteiger charge is 2.43. The number of hydrogen-bond donors (Lipinski definition) is 1. The normalized spacial score (nSPS) is 23.6. The molecule has 3 nitrogen and oxygen atoms in total. The highest BCUT2D eigenvalue weighted by molar-refractivity contribution is 5.88. The maximum atomic E-state index is 5.39. The summed E-state index contributed by atoms with van der Waals surface area (Å²) in [5.41, 5.74) is 4.69. The summed E-state index contributed by atoms with van der Waals surface area (Å²) in [6.07, 6.45) is 1.14. The number of rotatable bonds is 1. The van der Waals surface area contributed by atoms with Crippen LogP contribution in [0.2, 0.25) is 0 Å². The van der Waals surface area contributed by atoms with Crippen LogP contribution in [-0.4, -0.2) is 18.2 Å². The van der Waals surface area contributed by atoms with Crippen molar-refractivity contribution in [3.05, 3.63) is 29.5 Å². The van der Waals surface area contributed by atoms with Gasteiger partial charge in [-0.1, -0.05) is 13.8 Å². The largest absolute Gasteiger partial charge is 0.497 e. The minimum absolute atomic E-state index is 0.293. The fraction of sp³-hybridized carbons (Fsp3) is 0.500. The molecule has 0 amide bonds. The monoisotopic (exact) mass is 256 g/mol. The Hall–Kier alpha value is -1.48. The van der Waals surface area contributed by atoms with Crippen LogP contribution in [0, 0.1) is 5.41 Å². The van der Waals surface area contributed by atoms with Crippen LogP contribution in [0.1, 0.15) is 31.1 Å². The van der Waals surface area contributed by atoms with Crippen molar-refractivity contribution in [2.75, 3.05) is 13.7 Å². The maximum absolute atomic E-state index is 5.39. The van der Waals surface area contributed by atoms with E-state index in [9.17, 15) is 0 Å². The number of ether oxygens (including phenoxy) is 1. The van der Waals surface area contributed by atoms with E-state index < -0.39 is 0 Å². The maximum Gasteiger partial charge on any atom is 0.120 e. The number of aromatic nitrogens is 1. The highest BCUT2D eigenvalue weighted by atomic mass is 16.5. The first-order valence-electron chi connectivity index (χ1n) is 7.04. The lowest BCUT2D eigenvalue weighted by molar-refractivity contribution is 0.253. The van der Waals surface area contributed by atoms with Crippen LogP contribution in [0.4, 0.5) is 0 Å². The number of methoxy groups -OCH3 is 1. The van der Waals surface area contributed by atoms with Gasteiger partial charge in [-0.15, -0.1) is 0 Å². The molecule has 3 heterocycles. The van der Waals surface area contributed by atoms with E-state index in [4.69, 9.17) is 4.74 Å². The topological polar surface area (TPSA) is 26.2 Å². The van der Waals surface area contributed by atoms with Gasteiger partial charge < -0.3 is 14.6 Å². The molecule has 0 aliphatic carbocycles. The molecule has 2 aromatic rings. The van der Waals surface area contributed by atoms with Crippen molar-refractivity contribution in [2.45, 2.75) is 32.9 Å². The summed E-state index contributed by atoms with van der Waals surface area (Å²) in [5.74, 6) is 0.952. The lowest BCUT2D eigenvalue weighted by Gasteiger charge is -2.31. The summed E-state index contributed by atoms with van der Waals surface area (Å²) >= 11 is 0. The molecule has 2 aliphatic heterocycles. The van der Waals surface area contributed by atoms with Crippen molar-refractivity contribution in [3.8, 4) is 5.75 Å². The van der Waals surface area contributed by atoms with Crippen LogP contribution in [0.5, 0.6) is 5.75 Å². The molecule has 1 unspecified atom stereocenters. The first kappa shape index (κ1) is 11.4. The molecule has 1 atom stereocenters. The van der Waals surface area contributed by atoms with Gasteiger partial charge in [-0.3, -0.25) is 0 Å². The van der Waals surface area contributed by atoms with Crippen molar-refractivity contribution in [2.24, 2.45) is 5.41 Å². The lowest BCUT2D eigenvalue weighted by Crippen LogP contribution is -2.36. The van der Waals surface area contributed by atoms with Gasteiger partial charge in [0.2, 0.25) is 0 Å². The molecule has 0 bridgehead atoms. The minimum atomic E-state index is 0.293. The summed E-state index contributed by atoms with van der Waals surface area (Å²) < 4.78 is 7.89. The van der Waals surface area contributed by atoms with Crippen molar-refractivity contribution < 1.29 is 4.74 Å². The molecule has 0 saturated carbocycles. The molecule has 0 fully saturated rings. The van der Waals surface area contributed by atoms with E-state index in [-0.39, 0.29) is 0 Å². The number of nitrogens with one attached hydrogen (secondary N) is 1. The van der Waals surface area contributed by atoms with Crippen LogP contribution >= 0.6 is 0 Å². The zero-order valence-electron chi connectivity index (χ0n) is 11.8. The zero-order valence-corrected chi connectivity index (χ0v) is 11.8. The van der Waals surface area contributed by atoms with Gasteiger partial charge in [-0.05, 0) is 30.7 Å². The average Bonchev–Trinajstić information content (AvgIpc) is 2.87. The Labute approximate surface area is 113 Å². The van der Waals surface area contributed by atoms with Crippen LogP contribution in [0.15, 0.2) is 18.2 Å². The standard InChI is InChI=1S/C16H20N2O/c1-16(2)9-18-13-8-10(19-3)4-5-11(13)12-6-7-17-15(16)14(12)18/h4-5,8,15,17H,6-7,9H2,1-3H3. The van der Waals surface area contributed by atoms with Gasteiger partial charge in [0.25, 0.3) is 0 Å². The third kappa shape index (κ3) is 1.36.